The second-order valence-electron chi connectivity index (χ2n) is 4.84. The van der Waals surface area contributed by atoms with E-state index in [-0.39, 0.29) is 6.10 Å². The molecule has 1 aromatic rings. The quantitative estimate of drug-likeness (QED) is 0.854. The summed E-state index contributed by atoms with van der Waals surface area (Å²) in [5.74, 6) is -1.10. The number of hydrogen-bond acceptors (Lipinski definition) is 4. The molecule has 1 saturated carbocycles. The summed E-state index contributed by atoms with van der Waals surface area (Å²) in [7, 11) is 0. The predicted molar refractivity (Wildman–Crippen MR) is 71.7 cm³/mol. The largest absolute Gasteiger partial charge is 0.480 e. The maximum atomic E-state index is 11.7. The first-order valence-electron chi connectivity index (χ1n) is 6.78. The van der Waals surface area contributed by atoms with Gasteiger partial charge in [0.1, 0.15) is 12.6 Å². The summed E-state index contributed by atoms with van der Waals surface area (Å²) in [5.41, 5.74) is 0.354. The van der Waals surface area contributed by atoms with E-state index in [0.29, 0.717) is 11.4 Å². The van der Waals surface area contributed by atoms with E-state index in [1.165, 1.54) is 18.7 Å². The first-order valence-corrected chi connectivity index (χ1v) is 6.78. The van der Waals surface area contributed by atoms with Gasteiger partial charge in [-0.1, -0.05) is 6.42 Å². The third-order valence-corrected chi connectivity index (χ3v) is 3.24. The van der Waals surface area contributed by atoms with Crippen molar-refractivity contribution >= 4 is 11.9 Å². The van der Waals surface area contributed by atoms with Crippen LogP contribution in [-0.4, -0.2) is 34.6 Å². The van der Waals surface area contributed by atoms with Crippen molar-refractivity contribution in [2.45, 2.75) is 38.2 Å². The zero-order valence-corrected chi connectivity index (χ0v) is 11.2. The molecule has 0 bridgehead atoms. The average Bonchev–Trinajstić information content (AvgIpc) is 2.46. The Bertz CT molecular complexity index is 484. The maximum absolute atomic E-state index is 11.7. The predicted octanol–water partition coefficient (Wildman–Crippen LogP) is 1.61. The highest BCUT2D eigenvalue weighted by Crippen LogP contribution is 2.22. The van der Waals surface area contributed by atoms with Crippen LogP contribution in [0.1, 0.15) is 42.5 Å². The standard InChI is InChI=1S/C14H18N2O4/c17-13(18)9-16-14(19)10-6-7-15-12(8-10)20-11-4-2-1-3-5-11/h6-8,11H,1-5,9H2,(H,16,19)(H,17,18). The molecule has 0 aromatic carbocycles. The minimum atomic E-state index is -1.08. The first-order chi connectivity index (χ1) is 9.65. The second kappa shape index (κ2) is 6.88. The highest BCUT2D eigenvalue weighted by atomic mass is 16.5. The van der Waals surface area contributed by atoms with Crippen LogP contribution in [0, 0.1) is 0 Å². The topological polar surface area (TPSA) is 88.5 Å². The Morgan fingerprint density at radius 2 is 2.10 bits per heavy atom. The molecule has 2 rings (SSSR count). The number of carboxylic acid groups (broad SMARTS) is 1. The molecule has 0 aliphatic heterocycles. The molecule has 0 radical (unpaired) electrons. The fourth-order valence-corrected chi connectivity index (χ4v) is 2.23. The van der Waals surface area contributed by atoms with Gasteiger partial charge in [0.15, 0.2) is 0 Å². The molecule has 2 N–H and O–H groups in total. The lowest BCUT2D eigenvalue weighted by atomic mass is 9.98. The number of carbonyl (C=O) groups is 2. The van der Waals surface area contributed by atoms with Gasteiger partial charge in [-0.2, -0.15) is 0 Å². The van der Waals surface area contributed by atoms with Crippen molar-refractivity contribution in [1.82, 2.24) is 10.3 Å². The molecule has 1 aliphatic rings. The fourth-order valence-electron chi connectivity index (χ4n) is 2.23. The molecule has 20 heavy (non-hydrogen) atoms. The molecule has 1 heterocycles. The van der Waals surface area contributed by atoms with Crippen LogP contribution < -0.4 is 10.1 Å². The average molecular weight is 278 g/mol. The number of nitrogens with one attached hydrogen (secondary N) is 1. The number of rotatable bonds is 5. The lowest BCUT2D eigenvalue weighted by Crippen LogP contribution is -2.29. The summed E-state index contributed by atoms with van der Waals surface area (Å²) in [4.78, 5) is 26.2. The molecule has 6 heteroatoms. The third-order valence-electron chi connectivity index (χ3n) is 3.24. The van der Waals surface area contributed by atoms with Crippen molar-refractivity contribution in [3.63, 3.8) is 0 Å². The minimum absolute atomic E-state index is 0.161. The number of ether oxygens (including phenoxy) is 1. The Hall–Kier alpha value is -2.11. The molecule has 1 aliphatic carbocycles. The highest BCUT2D eigenvalue weighted by Gasteiger charge is 2.16. The number of pyridine rings is 1. The number of aromatic nitrogens is 1. The molecular weight excluding hydrogens is 260 g/mol. The van der Waals surface area contributed by atoms with Gasteiger partial charge in [0, 0.05) is 17.8 Å². The van der Waals surface area contributed by atoms with Gasteiger partial charge in [0.25, 0.3) is 5.91 Å². The minimum Gasteiger partial charge on any atom is -0.480 e. The number of nitrogens with zero attached hydrogens (tertiary/aromatic N) is 1. The van der Waals surface area contributed by atoms with Gasteiger partial charge in [-0.3, -0.25) is 9.59 Å². The van der Waals surface area contributed by atoms with Crippen LogP contribution in [0.5, 0.6) is 5.88 Å². The number of amides is 1. The molecule has 108 valence electrons. The highest BCUT2D eigenvalue weighted by molar-refractivity contribution is 5.95. The van der Waals surface area contributed by atoms with Gasteiger partial charge in [0.05, 0.1) is 0 Å². The molecule has 1 amide bonds. The second-order valence-corrected chi connectivity index (χ2v) is 4.84. The number of carboxylic acids is 1. The van der Waals surface area contributed by atoms with E-state index in [4.69, 9.17) is 9.84 Å². The zero-order chi connectivity index (χ0) is 14.4. The van der Waals surface area contributed by atoms with E-state index in [2.05, 4.69) is 10.3 Å². The van der Waals surface area contributed by atoms with Crippen molar-refractivity contribution in [1.29, 1.82) is 0 Å². The molecule has 0 unspecified atom stereocenters. The SMILES string of the molecule is O=C(O)CNC(=O)c1ccnc(OC2CCCCC2)c1. The van der Waals surface area contributed by atoms with E-state index in [0.717, 1.165) is 25.7 Å². The summed E-state index contributed by atoms with van der Waals surface area (Å²) < 4.78 is 5.76. The molecular formula is C14H18N2O4. The molecule has 0 atom stereocenters. The van der Waals surface area contributed by atoms with Gasteiger partial charge >= 0.3 is 5.97 Å². The Labute approximate surface area is 117 Å². The van der Waals surface area contributed by atoms with E-state index < -0.39 is 18.4 Å². The van der Waals surface area contributed by atoms with Crippen LogP contribution in [0.25, 0.3) is 0 Å². The number of carbonyl (C=O) groups excluding carboxylic acids is 1. The van der Waals surface area contributed by atoms with Crippen LogP contribution in [-0.2, 0) is 4.79 Å². The van der Waals surface area contributed by atoms with Crippen molar-refractivity contribution in [3.05, 3.63) is 23.9 Å². The number of hydrogen-bond donors (Lipinski definition) is 2. The van der Waals surface area contributed by atoms with E-state index in [1.807, 2.05) is 0 Å². The van der Waals surface area contributed by atoms with Crippen molar-refractivity contribution in [2.75, 3.05) is 6.54 Å². The fraction of sp³-hybridized carbons (Fsp3) is 0.500. The Morgan fingerprint density at radius 3 is 2.80 bits per heavy atom. The van der Waals surface area contributed by atoms with Crippen LogP contribution in [0.3, 0.4) is 0 Å². The summed E-state index contributed by atoms with van der Waals surface area (Å²) in [6.07, 6.45) is 7.23. The van der Waals surface area contributed by atoms with Crippen molar-refractivity contribution in [3.8, 4) is 5.88 Å². The van der Waals surface area contributed by atoms with Crippen LogP contribution in [0.2, 0.25) is 0 Å². The monoisotopic (exact) mass is 278 g/mol. The van der Waals surface area contributed by atoms with E-state index in [1.54, 1.807) is 6.07 Å². The lowest BCUT2D eigenvalue weighted by molar-refractivity contribution is -0.135. The van der Waals surface area contributed by atoms with Gasteiger partial charge < -0.3 is 15.2 Å². The molecule has 1 fully saturated rings. The van der Waals surface area contributed by atoms with E-state index >= 15 is 0 Å². The number of aliphatic carboxylic acids is 1. The zero-order valence-electron chi connectivity index (χ0n) is 11.2. The maximum Gasteiger partial charge on any atom is 0.322 e. The molecule has 1 aromatic heterocycles. The summed E-state index contributed by atoms with van der Waals surface area (Å²) in [6.45, 7) is -0.403. The Balaban J connectivity index is 1.96. The third kappa shape index (κ3) is 4.22. The van der Waals surface area contributed by atoms with Crippen LogP contribution >= 0.6 is 0 Å². The van der Waals surface area contributed by atoms with Crippen LogP contribution in [0.15, 0.2) is 18.3 Å². The van der Waals surface area contributed by atoms with Crippen molar-refractivity contribution in [2.24, 2.45) is 0 Å². The summed E-state index contributed by atoms with van der Waals surface area (Å²) >= 11 is 0. The van der Waals surface area contributed by atoms with Gasteiger partial charge in [-0.05, 0) is 31.7 Å². The normalized spacial score (nSPS) is 15.6. The van der Waals surface area contributed by atoms with Crippen LogP contribution in [0.4, 0.5) is 0 Å². The van der Waals surface area contributed by atoms with Gasteiger partial charge in [-0.15, -0.1) is 0 Å². The molecule has 0 saturated heterocycles. The van der Waals surface area contributed by atoms with Crippen molar-refractivity contribution < 1.29 is 19.4 Å². The Morgan fingerprint density at radius 1 is 1.35 bits per heavy atom. The lowest BCUT2D eigenvalue weighted by Gasteiger charge is -2.22. The summed E-state index contributed by atoms with van der Waals surface area (Å²) in [5, 5.41) is 10.8. The molecule has 6 nitrogen and oxygen atoms in total. The van der Waals surface area contributed by atoms with Gasteiger partial charge in [-0.25, -0.2) is 4.98 Å². The summed E-state index contributed by atoms with van der Waals surface area (Å²) in [6, 6.07) is 3.08. The van der Waals surface area contributed by atoms with Gasteiger partial charge in [0.2, 0.25) is 5.88 Å². The smallest absolute Gasteiger partial charge is 0.322 e. The first kappa shape index (κ1) is 14.3. The molecule has 0 spiro atoms. The van der Waals surface area contributed by atoms with E-state index in [9.17, 15) is 9.59 Å². The Kier molecular flexibility index (Phi) is 4.92.